The summed E-state index contributed by atoms with van der Waals surface area (Å²) in [6, 6.07) is 10.2. The molecular weight excluding hydrogens is 615 g/mol. The zero-order chi connectivity index (χ0) is 32.4. The fourth-order valence-corrected chi connectivity index (χ4v) is 6.19. The first kappa shape index (κ1) is 31.2. The van der Waals surface area contributed by atoms with Crippen molar-refractivity contribution in [3.8, 4) is 23.1 Å². The zero-order valence-corrected chi connectivity index (χ0v) is 25.8. The van der Waals surface area contributed by atoms with Crippen LogP contribution in [0.15, 0.2) is 48.9 Å². The smallest absolute Gasteiger partial charge is 0.254 e. The fraction of sp³-hybridized carbons (Fsp3) is 0.344. The molecule has 2 saturated heterocycles. The number of fused-ring (bicyclic) bond motifs is 1. The van der Waals surface area contributed by atoms with Gasteiger partial charge in [-0.1, -0.05) is 11.6 Å². The van der Waals surface area contributed by atoms with Crippen LogP contribution in [0.5, 0.6) is 5.75 Å². The number of piperazine rings is 1. The summed E-state index contributed by atoms with van der Waals surface area (Å²) >= 11 is 6.34. The van der Waals surface area contributed by atoms with E-state index >= 15 is 0 Å². The molecule has 2 aliphatic rings. The van der Waals surface area contributed by atoms with Crippen molar-refractivity contribution in [1.82, 2.24) is 29.5 Å². The fourth-order valence-electron chi connectivity index (χ4n) is 5.94. The maximum absolute atomic E-state index is 14.8. The molecule has 46 heavy (non-hydrogen) atoms. The number of nitriles is 1. The molecule has 4 heterocycles. The average Bonchev–Trinajstić information content (AvgIpc) is 3.50. The van der Waals surface area contributed by atoms with Gasteiger partial charge in [0.05, 0.1) is 28.9 Å². The van der Waals surface area contributed by atoms with Gasteiger partial charge in [-0.25, -0.2) is 14.4 Å². The maximum atomic E-state index is 14.8. The van der Waals surface area contributed by atoms with Crippen molar-refractivity contribution >= 4 is 40.6 Å². The van der Waals surface area contributed by atoms with Crippen LogP contribution >= 0.6 is 11.6 Å². The molecule has 14 heteroatoms. The number of nitrogens with one attached hydrogen (secondary N) is 2. The minimum Gasteiger partial charge on any atom is -0.476 e. The molecule has 2 atom stereocenters. The van der Waals surface area contributed by atoms with Gasteiger partial charge < -0.3 is 30.3 Å². The highest BCUT2D eigenvalue weighted by Gasteiger charge is 2.34. The second-order valence-electron chi connectivity index (χ2n) is 11.2. The summed E-state index contributed by atoms with van der Waals surface area (Å²) in [5.74, 6) is -0.995. The van der Waals surface area contributed by atoms with Crippen LogP contribution in [-0.4, -0.2) is 93.1 Å². The van der Waals surface area contributed by atoms with Crippen molar-refractivity contribution in [2.24, 2.45) is 5.92 Å². The van der Waals surface area contributed by atoms with Gasteiger partial charge in [0.2, 0.25) is 5.91 Å². The minimum absolute atomic E-state index is 0.0456. The molecule has 238 valence electrons. The normalized spacial score (nSPS) is 18.3. The number of aliphatic hydroxyl groups excluding tert-OH is 1. The lowest BCUT2D eigenvalue weighted by atomic mass is 9.93. The molecule has 2 fully saturated rings. The van der Waals surface area contributed by atoms with Gasteiger partial charge in [-0.05, 0) is 55.8 Å². The summed E-state index contributed by atoms with van der Waals surface area (Å²) in [6.07, 6.45) is 4.74. The Kier molecular flexibility index (Phi) is 9.03. The molecule has 0 spiro atoms. The van der Waals surface area contributed by atoms with E-state index < -0.39 is 17.8 Å². The monoisotopic (exact) mass is 646 g/mol. The van der Waals surface area contributed by atoms with E-state index in [9.17, 15) is 19.1 Å². The van der Waals surface area contributed by atoms with Crippen LogP contribution in [0.4, 0.5) is 15.9 Å². The summed E-state index contributed by atoms with van der Waals surface area (Å²) in [5, 5.41) is 25.2. The van der Waals surface area contributed by atoms with E-state index in [1.807, 2.05) is 13.0 Å². The van der Waals surface area contributed by atoms with Gasteiger partial charge >= 0.3 is 0 Å². The van der Waals surface area contributed by atoms with Crippen LogP contribution in [0.1, 0.15) is 22.3 Å². The Hall–Kier alpha value is -4.77. The number of piperidine rings is 1. The van der Waals surface area contributed by atoms with Crippen molar-refractivity contribution < 1.29 is 23.8 Å². The molecule has 2 amide bonds. The summed E-state index contributed by atoms with van der Waals surface area (Å²) < 4.78 is 21.7. The van der Waals surface area contributed by atoms with Gasteiger partial charge in [-0.3, -0.25) is 14.0 Å². The SMILES string of the molecule is Cc1cc(Nc2nccn3c(-c4ccc(OCC#N)c(F)c4Cl)cnc23)ccc1C(=O)N1CCN(C(=O)[C@@H]2CCNC[C@@H]2O)CC1. The van der Waals surface area contributed by atoms with E-state index in [1.54, 1.807) is 57.1 Å². The first-order valence-corrected chi connectivity index (χ1v) is 15.3. The number of amides is 2. The quantitative estimate of drug-likeness (QED) is 0.275. The summed E-state index contributed by atoms with van der Waals surface area (Å²) in [7, 11) is 0. The van der Waals surface area contributed by atoms with Crippen LogP contribution in [0.25, 0.3) is 16.9 Å². The van der Waals surface area contributed by atoms with Crippen molar-refractivity contribution in [3.05, 3.63) is 70.9 Å². The van der Waals surface area contributed by atoms with E-state index in [0.29, 0.717) is 79.7 Å². The number of aryl methyl sites for hydroxylation is 1. The van der Waals surface area contributed by atoms with Crippen LogP contribution in [0, 0.1) is 30.0 Å². The number of aliphatic hydroxyl groups is 1. The minimum atomic E-state index is -0.769. The lowest BCUT2D eigenvalue weighted by Crippen LogP contribution is -2.55. The van der Waals surface area contributed by atoms with E-state index in [0.717, 1.165) is 5.56 Å². The van der Waals surface area contributed by atoms with Gasteiger partial charge in [0.15, 0.2) is 29.6 Å². The Bertz CT molecular complexity index is 1830. The number of aromatic nitrogens is 3. The molecule has 2 aromatic heterocycles. The number of benzene rings is 2. The Balaban J connectivity index is 1.14. The number of carbonyl (C=O) groups excluding carboxylic acids is 2. The first-order chi connectivity index (χ1) is 22.3. The highest BCUT2D eigenvalue weighted by Crippen LogP contribution is 2.36. The number of imidazole rings is 1. The van der Waals surface area contributed by atoms with Crippen LogP contribution in [-0.2, 0) is 4.79 Å². The molecular formula is C32H32ClFN8O4. The van der Waals surface area contributed by atoms with E-state index in [1.165, 1.54) is 6.07 Å². The van der Waals surface area contributed by atoms with E-state index in [-0.39, 0.29) is 29.2 Å². The standard InChI is InChI=1S/C32H32ClFN8O4/c1-19-16-20(2-3-21(19)31(44)40-11-13-41(14-12-40)32(45)23-6-8-36-18-25(23)43)39-29-30-38-17-24(42(30)10-9-37-29)22-4-5-26(46-15-7-35)28(34)27(22)33/h2-5,9-10,16-17,23,25,36,43H,6,8,11-15,18H2,1H3,(H,37,39)/t23-,25+/m1/s1. The predicted octanol–water partition coefficient (Wildman–Crippen LogP) is 3.40. The van der Waals surface area contributed by atoms with Crippen molar-refractivity contribution in [3.63, 3.8) is 0 Å². The number of nitrogens with zero attached hydrogens (tertiary/aromatic N) is 6. The molecule has 0 radical (unpaired) electrons. The third kappa shape index (κ3) is 6.06. The van der Waals surface area contributed by atoms with Crippen LogP contribution in [0.3, 0.4) is 0 Å². The largest absolute Gasteiger partial charge is 0.476 e. The van der Waals surface area contributed by atoms with E-state index in [2.05, 4.69) is 20.6 Å². The van der Waals surface area contributed by atoms with Crippen molar-refractivity contribution in [2.45, 2.75) is 19.4 Å². The molecule has 0 aliphatic carbocycles. The predicted molar refractivity (Wildman–Crippen MR) is 168 cm³/mol. The van der Waals surface area contributed by atoms with Crippen LogP contribution in [0.2, 0.25) is 5.02 Å². The molecule has 6 rings (SSSR count). The number of ether oxygens (including phenoxy) is 1. The Morgan fingerprint density at radius 3 is 2.72 bits per heavy atom. The first-order valence-electron chi connectivity index (χ1n) is 14.9. The number of β-amino-alcohol motifs (C(OH)–C–C–N with tert-alkyl or cyclic N) is 1. The molecule has 0 unspecified atom stereocenters. The Morgan fingerprint density at radius 1 is 1.20 bits per heavy atom. The Labute approximate surface area is 269 Å². The summed E-state index contributed by atoms with van der Waals surface area (Å²) in [4.78, 5) is 38.8. The molecule has 0 saturated carbocycles. The third-order valence-corrected chi connectivity index (χ3v) is 8.78. The van der Waals surface area contributed by atoms with Crippen molar-refractivity contribution in [2.75, 3.05) is 51.2 Å². The highest BCUT2D eigenvalue weighted by atomic mass is 35.5. The average molecular weight is 647 g/mol. The number of carbonyl (C=O) groups is 2. The van der Waals surface area contributed by atoms with Gasteiger partial charge in [-0.2, -0.15) is 5.26 Å². The summed E-state index contributed by atoms with van der Waals surface area (Å²) in [5.41, 5.74) is 3.41. The zero-order valence-electron chi connectivity index (χ0n) is 25.0. The highest BCUT2D eigenvalue weighted by molar-refractivity contribution is 6.33. The van der Waals surface area contributed by atoms with E-state index in [4.69, 9.17) is 21.6 Å². The molecule has 4 aromatic rings. The van der Waals surface area contributed by atoms with Gasteiger partial charge in [0.1, 0.15) is 6.07 Å². The van der Waals surface area contributed by atoms with Gasteiger partial charge in [0.25, 0.3) is 5.91 Å². The molecule has 12 nitrogen and oxygen atoms in total. The number of anilines is 2. The van der Waals surface area contributed by atoms with Gasteiger partial charge in [-0.15, -0.1) is 0 Å². The second-order valence-corrected chi connectivity index (χ2v) is 11.6. The Morgan fingerprint density at radius 2 is 1.98 bits per heavy atom. The van der Waals surface area contributed by atoms with Gasteiger partial charge in [0, 0.05) is 61.9 Å². The maximum Gasteiger partial charge on any atom is 0.254 e. The lowest BCUT2D eigenvalue weighted by molar-refractivity contribution is -0.141. The molecule has 3 N–H and O–H groups in total. The molecule has 2 aromatic carbocycles. The third-order valence-electron chi connectivity index (χ3n) is 8.41. The van der Waals surface area contributed by atoms with Crippen LogP contribution < -0.4 is 15.4 Å². The number of rotatable bonds is 7. The lowest BCUT2D eigenvalue weighted by Gasteiger charge is -2.38. The summed E-state index contributed by atoms with van der Waals surface area (Å²) in [6.45, 7) is 4.38. The molecule has 2 aliphatic heterocycles. The van der Waals surface area contributed by atoms with Crippen molar-refractivity contribution in [1.29, 1.82) is 5.26 Å². The number of hydrogen-bond donors (Lipinski definition) is 3. The number of halogens is 2. The number of hydrogen-bond acceptors (Lipinski definition) is 9. The second kappa shape index (κ2) is 13.3. The topological polar surface area (TPSA) is 148 Å². The molecule has 0 bridgehead atoms.